The van der Waals surface area contributed by atoms with Gasteiger partial charge in [0.15, 0.2) is 0 Å². The number of hydrogen-bond donors (Lipinski definition) is 1. The lowest BCUT2D eigenvalue weighted by molar-refractivity contribution is -0.157. The van der Waals surface area contributed by atoms with Crippen LogP contribution in [0.15, 0.2) is 0 Å². The molecule has 0 aromatic rings. The minimum atomic E-state index is -0.632. The van der Waals surface area contributed by atoms with Crippen molar-refractivity contribution in [3.05, 3.63) is 0 Å². The Morgan fingerprint density at radius 3 is 2.40 bits per heavy atom. The molecule has 1 unspecified atom stereocenters. The average molecular weight is 283 g/mol. The summed E-state index contributed by atoms with van der Waals surface area (Å²) < 4.78 is 11.4. The number of nitrogens with one attached hydrogen (secondary N) is 1. The van der Waals surface area contributed by atoms with Crippen LogP contribution >= 0.6 is 0 Å². The van der Waals surface area contributed by atoms with Crippen molar-refractivity contribution in [2.45, 2.75) is 77.0 Å². The third kappa shape index (κ3) is 3.73. The number of hydrogen-bond acceptors (Lipinski definition) is 4. The maximum absolute atomic E-state index is 12.5. The standard InChI is InChI=1S/C16H29NO3/c1-4-19-15(18)16(13-9-10-13,17-12(2)3)11-20-14-7-5-6-8-14/h12-14,17H,4-11H2,1-3H3. The third-order valence-corrected chi connectivity index (χ3v) is 4.31. The molecule has 20 heavy (non-hydrogen) atoms. The zero-order chi connectivity index (χ0) is 14.6. The molecule has 0 amide bonds. The van der Waals surface area contributed by atoms with E-state index in [0.29, 0.717) is 25.2 Å². The molecule has 0 aromatic heterocycles. The van der Waals surface area contributed by atoms with Crippen molar-refractivity contribution in [3.8, 4) is 0 Å². The van der Waals surface area contributed by atoms with Crippen LogP contribution in [0.4, 0.5) is 0 Å². The minimum absolute atomic E-state index is 0.130. The quantitative estimate of drug-likeness (QED) is 0.696. The summed E-state index contributed by atoms with van der Waals surface area (Å²) in [6.07, 6.45) is 7.27. The molecule has 2 saturated carbocycles. The largest absolute Gasteiger partial charge is 0.465 e. The summed E-state index contributed by atoms with van der Waals surface area (Å²) in [4.78, 5) is 12.5. The Hall–Kier alpha value is -0.610. The molecule has 1 atom stereocenters. The van der Waals surface area contributed by atoms with Gasteiger partial charge in [0.25, 0.3) is 0 Å². The predicted molar refractivity (Wildman–Crippen MR) is 78.6 cm³/mol. The fourth-order valence-electron chi connectivity index (χ4n) is 3.22. The fraction of sp³-hybridized carbons (Fsp3) is 0.938. The van der Waals surface area contributed by atoms with Crippen molar-refractivity contribution < 1.29 is 14.3 Å². The molecular weight excluding hydrogens is 254 g/mol. The lowest BCUT2D eigenvalue weighted by Gasteiger charge is -2.35. The van der Waals surface area contributed by atoms with Crippen molar-refractivity contribution in [2.24, 2.45) is 5.92 Å². The molecule has 116 valence electrons. The third-order valence-electron chi connectivity index (χ3n) is 4.31. The van der Waals surface area contributed by atoms with Gasteiger partial charge in [0.05, 0.1) is 19.3 Å². The smallest absolute Gasteiger partial charge is 0.329 e. The Bertz CT molecular complexity index is 322. The summed E-state index contributed by atoms with van der Waals surface area (Å²) in [6, 6.07) is 0.243. The summed E-state index contributed by atoms with van der Waals surface area (Å²) in [5.41, 5.74) is -0.632. The zero-order valence-corrected chi connectivity index (χ0v) is 13.1. The molecule has 4 heteroatoms. The lowest BCUT2D eigenvalue weighted by Crippen LogP contribution is -2.60. The second-order valence-corrected chi connectivity index (χ2v) is 6.48. The Labute approximate surface area is 122 Å². The molecule has 0 radical (unpaired) electrons. The Balaban J connectivity index is 2.05. The van der Waals surface area contributed by atoms with Crippen LogP contribution in [0.5, 0.6) is 0 Å². The van der Waals surface area contributed by atoms with Crippen LogP contribution < -0.4 is 5.32 Å². The van der Waals surface area contributed by atoms with Crippen LogP contribution in [0.2, 0.25) is 0 Å². The molecule has 0 bridgehead atoms. The number of carbonyl (C=O) groups is 1. The molecule has 2 aliphatic carbocycles. The highest BCUT2D eigenvalue weighted by Gasteiger charge is 2.53. The summed E-state index contributed by atoms with van der Waals surface area (Å²) in [6.45, 7) is 6.90. The molecule has 0 heterocycles. The van der Waals surface area contributed by atoms with Crippen LogP contribution in [-0.2, 0) is 14.3 Å². The van der Waals surface area contributed by atoms with E-state index in [1.54, 1.807) is 0 Å². The molecule has 0 saturated heterocycles. The van der Waals surface area contributed by atoms with Gasteiger partial charge < -0.3 is 9.47 Å². The topological polar surface area (TPSA) is 47.6 Å². The summed E-state index contributed by atoms with van der Waals surface area (Å²) in [5.74, 6) is 0.236. The highest BCUT2D eigenvalue weighted by molar-refractivity contribution is 5.82. The van der Waals surface area contributed by atoms with Gasteiger partial charge in [-0.25, -0.2) is 4.79 Å². The molecule has 2 fully saturated rings. The second-order valence-electron chi connectivity index (χ2n) is 6.48. The van der Waals surface area contributed by atoms with E-state index in [-0.39, 0.29) is 12.0 Å². The zero-order valence-electron chi connectivity index (χ0n) is 13.1. The SMILES string of the molecule is CCOC(=O)C(COC1CCCC1)(NC(C)C)C1CC1. The predicted octanol–water partition coefficient (Wildman–Crippen LogP) is 2.66. The normalized spacial score (nSPS) is 23.0. The van der Waals surface area contributed by atoms with Gasteiger partial charge in [0, 0.05) is 6.04 Å². The number of rotatable bonds is 8. The van der Waals surface area contributed by atoms with Gasteiger partial charge >= 0.3 is 5.97 Å². The van der Waals surface area contributed by atoms with Crippen LogP contribution in [0.25, 0.3) is 0 Å². The monoisotopic (exact) mass is 283 g/mol. The van der Waals surface area contributed by atoms with Crippen molar-refractivity contribution in [1.29, 1.82) is 0 Å². The average Bonchev–Trinajstić information content (AvgIpc) is 3.12. The molecule has 0 spiro atoms. The van der Waals surface area contributed by atoms with E-state index in [4.69, 9.17) is 9.47 Å². The van der Waals surface area contributed by atoms with Gasteiger partial charge in [-0.2, -0.15) is 0 Å². The van der Waals surface area contributed by atoms with Crippen molar-refractivity contribution in [3.63, 3.8) is 0 Å². The maximum atomic E-state index is 12.5. The van der Waals surface area contributed by atoms with Gasteiger partial charge in [-0.1, -0.05) is 12.8 Å². The van der Waals surface area contributed by atoms with Crippen LogP contribution in [0.3, 0.4) is 0 Å². The number of ether oxygens (including phenoxy) is 2. The molecule has 2 rings (SSSR count). The summed E-state index contributed by atoms with van der Waals surface area (Å²) >= 11 is 0. The van der Waals surface area contributed by atoms with E-state index in [1.165, 1.54) is 12.8 Å². The number of carbonyl (C=O) groups excluding carboxylic acids is 1. The minimum Gasteiger partial charge on any atom is -0.465 e. The Morgan fingerprint density at radius 2 is 1.90 bits per heavy atom. The molecule has 1 N–H and O–H groups in total. The van der Waals surface area contributed by atoms with Crippen LogP contribution in [0, 0.1) is 5.92 Å². The van der Waals surface area contributed by atoms with Crippen molar-refractivity contribution in [2.75, 3.05) is 13.2 Å². The Kier molecular flexibility index (Phi) is 5.44. The van der Waals surface area contributed by atoms with Crippen molar-refractivity contribution in [1.82, 2.24) is 5.32 Å². The highest BCUT2D eigenvalue weighted by Crippen LogP contribution is 2.41. The first kappa shape index (κ1) is 15.8. The molecular formula is C16H29NO3. The molecule has 0 aromatic carbocycles. The van der Waals surface area contributed by atoms with E-state index in [9.17, 15) is 4.79 Å². The first-order valence-electron chi connectivity index (χ1n) is 8.15. The van der Waals surface area contributed by atoms with Gasteiger partial charge in [-0.05, 0) is 52.4 Å². The number of esters is 1. The first-order valence-corrected chi connectivity index (χ1v) is 8.15. The lowest BCUT2D eigenvalue weighted by atomic mass is 9.93. The van der Waals surface area contributed by atoms with Gasteiger partial charge in [-0.15, -0.1) is 0 Å². The van der Waals surface area contributed by atoms with E-state index < -0.39 is 5.54 Å². The van der Waals surface area contributed by atoms with Gasteiger partial charge in [-0.3, -0.25) is 5.32 Å². The first-order chi connectivity index (χ1) is 9.58. The van der Waals surface area contributed by atoms with E-state index in [1.807, 2.05) is 6.92 Å². The van der Waals surface area contributed by atoms with Crippen LogP contribution in [-0.4, -0.2) is 36.9 Å². The van der Waals surface area contributed by atoms with E-state index in [0.717, 1.165) is 25.7 Å². The maximum Gasteiger partial charge on any atom is 0.329 e. The van der Waals surface area contributed by atoms with E-state index >= 15 is 0 Å². The summed E-state index contributed by atoms with van der Waals surface area (Å²) in [7, 11) is 0. The van der Waals surface area contributed by atoms with E-state index in [2.05, 4.69) is 19.2 Å². The molecule has 2 aliphatic rings. The second kappa shape index (κ2) is 6.90. The molecule has 0 aliphatic heterocycles. The van der Waals surface area contributed by atoms with Gasteiger partial charge in [0.2, 0.25) is 0 Å². The highest BCUT2D eigenvalue weighted by atomic mass is 16.5. The van der Waals surface area contributed by atoms with Gasteiger partial charge in [0.1, 0.15) is 5.54 Å². The Morgan fingerprint density at radius 1 is 1.25 bits per heavy atom. The fourth-order valence-corrected chi connectivity index (χ4v) is 3.22. The van der Waals surface area contributed by atoms with Crippen LogP contribution in [0.1, 0.15) is 59.3 Å². The van der Waals surface area contributed by atoms with Crippen molar-refractivity contribution >= 4 is 5.97 Å². The molecule has 4 nitrogen and oxygen atoms in total. The summed E-state index contributed by atoms with van der Waals surface area (Å²) in [5, 5.41) is 3.46.